The molecule has 0 heterocycles. The molecule has 0 N–H and O–H groups in total. The summed E-state index contributed by atoms with van der Waals surface area (Å²) in [6, 6.07) is 2.86. The molecule has 1 aromatic carbocycles. The lowest BCUT2D eigenvalue weighted by molar-refractivity contribution is 0.00879. The molecule has 2 saturated carbocycles. The summed E-state index contributed by atoms with van der Waals surface area (Å²) in [4.78, 5) is 0. The van der Waals surface area contributed by atoms with Crippen LogP contribution in [0.25, 0.3) is 0 Å². The van der Waals surface area contributed by atoms with Crippen LogP contribution < -0.4 is 0 Å². The largest absolute Gasteiger partial charge is 0.244 e. The molecule has 3 unspecified atom stereocenters. The second kappa shape index (κ2) is 7.05. The second-order valence-corrected chi connectivity index (χ2v) is 7.86. The van der Waals surface area contributed by atoms with Crippen molar-refractivity contribution in [1.29, 1.82) is 0 Å². The lowest BCUT2D eigenvalue weighted by Crippen LogP contribution is -2.41. The first kappa shape index (κ1) is 17.8. The van der Waals surface area contributed by atoms with E-state index in [1.165, 1.54) is 19.1 Å². The van der Waals surface area contributed by atoms with Crippen LogP contribution in [0.2, 0.25) is 0 Å². The zero-order chi connectivity index (χ0) is 17.4. The normalized spacial score (nSPS) is 37.4. The highest BCUT2D eigenvalue weighted by atomic mass is 19.2. The Hall–Kier alpha value is -1.06. The minimum atomic E-state index is -1.75. The van der Waals surface area contributed by atoms with Crippen molar-refractivity contribution >= 4 is 0 Å². The maximum absolute atomic E-state index is 14.8. The van der Waals surface area contributed by atoms with E-state index in [1.807, 2.05) is 0 Å². The topological polar surface area (TPSA) is 0 Å². The van der Waals surface area contributed by atoms with Crippen molar-refractivity contribution in [1.82, 2.24) is 0 Å². The molecule has 2 aliphatic rings. The van der Waals surface area contributed by atoms with Gasteiger partial charge in [-0.15, -0.1) is 0 Å². The Kier molecular flexibility index (Phi) is 5.22. The second-order valence-electron chi connectivity index (χ2n) is 7.86. The van der Waals surface area contributed by atoms with Gasteiger partial charge in [-0.2, -0.15) is 0 Å². The number of aryl methyl sites for hydroxylation is 1. The fraction of sp³-hybridized carbons (Fsp3) is 0.700. The van der Waals surface area contributed by atoms with Gasteiger partial charge in [0.25, 0.3) is 0 Å². The molecule has 0 spiro atoms. The molecule has 2 aliphatic carbocycles. The molecule has 4 heteroatoms. The first-order valence-corrected chi connectivity index (χ1v) is 9.12. The molecular weight excluding hydrogens is 316 g/mol. The molecule has 4 atom stereocenters. The zero-order valence-corrected chi connectivity index (χ0v) is 14.4. The Bertz CT molecular complexity index is 577. The van der Waals surface area contributed by atoms with Gasteiger partial charge in [-0.1, -0.05) is 31.9 Å². The predicted molar refractivity (Wildman–Crippen MR) is 87.5 cm³/mol. The SMILES string of the molecule is Cc1ccc([C@@H]2CCC(C3CCC(C)CC3)C(F)C2F)c(F)c1F. The van der Waals surface area contributed by atoms with E-state index in [0.29, 0.717) is 18.8 Å². The van der Waals surface area contributed by atoms with Crippen LogP contribution in [0.15, 0.2) is 12.1 Å². The van der Waals surface area contributed by atoms with Crippen LogP contribution in [0.3, 0.4) is 0 Å². The Morgan fingerprint density at radius 2 is 1.50 bits per heavy atom. The van der Waals surface area contributed by atoms with E-state index in [4.69, 9.17) is 0 Å². The predicted octanol–water partition coefficient (Wildman–Crippen LogP) is 6.27. The van der Waals surface area contributed by atoms with E-state index in [2.05, 4.69) is 6.92 Å². The van der Waals surface area contributed by atoms with E-state index in [0.717, 1.165) is 25.7 Å². The Morgan fingerprint density at radius 3 is 2.17 bits per heavy atom. The summed E-state index contributed by atoms with van der Waals surface area (Å²) in [5.74, 6) is -2.22. The Balaban J connectivity index is 1.75. The molecule has 0 saturated heterocycles. The van der Waals surface area contributed by atoms with Crippen molar-refractivity contribution in [2.45, 2.75) is 70.6 Å². The van der Waals surface area contributed by atoms with E-state index in [9.17, 15) is 17.6 Å². The average molecular weight is 342 g/mol. The van der Waals surface area contributed by atoms with Crippen molar-refractivity contribution in [3.05, 3.63) is 34.9 Å². The summed E-state index contributed by atoms with van der Waals surface area (Å²) >= 11 is 0. The van der Waals surface area contributed by atoms with Crippen molar-refractivity contribution < 1.29 is 17.6 Å². The van der Waals surface area contributed by atoms with Crippen LogP contribution in [0.4, 0.5) is 17.6 Å². The summed E-state index contributed by atoms with van der Waals surface area (Å²) in [5.41, 5.74) is 0.178. The highest BCUT2D eigenvalue weighted by Gasteiger charge is 2.45. The zero-order valence-electron chi connectivity index (χ0n) is 14.4. The van der Waals surface area contributed by atoms with Crippen LogP contribution in [-0.4, -0.2) is 12.3 Å². The van der Waals surface area contributed by atoms with E-state index in [1.54, 1.807) is 0 Å². The van der Waals surface area contributed by atoms with Crippen LogP contribution >= 0.6 is 0 Å². The summed E-state index contributed by atoms with van der Waals surface area (Å²) < 4.78 is 57.5. The third-order valence-electron chi connectivity index (χ3n) is 6.28. The van der Waals surface area contributed by atoms with Crippen molar-refractivity contribution in [3.8, 4) is 0 Å². The number of hydrogen-bond acceptors (Lipinski definition) is 0. The minimum absolute atomic E-state index is 0.0102. The van der Waals surface area contributed by atoms with Crippen molar-refractivity contribution in [2.75, 3.05) is 0 Å². The molecule has 134 valence electrons. The van der Waals surface area contributed by atoms with E-state index in [-0.39, 0.29) is 23.0 Å². The van der Waals surface area contributed by atoms with Gasteiger partial charge in [0.2, 0.25) is 0 Å². The molecule has 2 fully saturated rings. The van der Waals surface area contributed by atoms with Gasteiger partial charge in [0.15, 0.2) is 11.6 Å². The molecule has 24 heavy (non-hydrogen) atoms. The average Bonchev–Trinajstić information content (AvgIpc) is 2.57. The maximum Gasteiger partial charge on any atom is 0.162 e. The van der Waals surface area contributed by atoms with Crippen molar-refractivity contribution in [2.24, 2.45) is 17.8 Å². The molecular formula is C20H26F4. The summed E-state index contributed by atoms with van der Waals surface area (Å²) in [6.45, 7) is 3.67. The molecule has 1 aromatic rings. The molecule has 3 rings (SSSR count). The molecule has 0 amide bonds. The maximum atomic E-state index is 14.8. The smallest absolute Gasteiger partial charge is 0.162 e. The number of benzene rings is 1. The summed E-state index contributed by atoms with van der Waals surface area (Å²) in [6.07, 6.45) is 1.68. The van der Waals surface area contributed by atoms with E-state index >= 15 is 0 Å². The number of rotatable bonds is 2. The first-order valence-electron chi connectivity index (χ1n) is 9.12. The lowest BCUT2D eigenvalue weighted by Gasteiger charge is -2.41. The third kappa shape index (κ3) is 3.21. The van der Waals surface area contributed by atoms with Crippen LogP contribution in [0, 0.1) is 36.3 Å². The molecule has 0 aromatic heterocycles. The highest BCUT2D eigenvalue weighted by Crippen LogP contribution is 2.47. The van der Waals surface area contributed by atoms with Gasteiger partial charge < -0.3 is 0 Å². The molecule has 0 aliphatic heterocycles. The Morgan fingerprint density at radius 1 is 0.833 bits per heavy atom. The Labute approximate surface area is 141 Å². The van der Waals surface area contributed by atoms with Gasteiger partial charge in [0.1, 0.15) is 12.3 Å². The minimum Gasteiger partial charge on any atom is -0.244 e. The number of alkyl halides is 2. The fourth-order valence-electron chi connectivity index (χ4n) is 4.63. The quantitative estimate of drug-likeness (QED) is 0.556. The van der Waals surface area contributed by atoms with Gasteiger partial charge in [0, 0.05) is 5.92 Å². The van der Waals surface area contributed by atoms with Crippen LogP contribution in [0.1, 0.15) is 62.5 Å². The summed E-state index contributed by atoms with van der Waals surface area (Å²) in [7, 11) is 0. The summed E-state index contributed by atoms with van der Waals surface area (Å²) in [5, 5.41) is 0. The first-order chi connectivity index (χ1) is 11.4. The van der Waals surface area contributed by atoms with E-state index < -0.39 is 29.9 Å². The van der Waals surface area contributed by atoms with Crippen LogP contribution in [-0.2, 0) is 0 Å². The molecule has 0 radical (unpaired) electrons. The highest BCUT2D eigenvalue weighted by molar-refractivity contribution is 5.30. The lowest BCUT2D eigenvalue weighted by atomic mass is 9.67. The van der Waals surface area contributed by atoms with Gasteiger partial charge in [-0.3, -0.25) is 0 Å². The monoisotopic (exact) mass is 342 g/mol. The van der Waals surface area contributed by atoms with Crippen LogP contribution in [0.5, 0.6) is 0 Å². The fourth-order valence-corrected chi connectivity index (χ4v) is 4.63. The van der Waals surface area contributed by atoms with Gasteiger partial charge >= 0.3 is 0 Å². The standard InChI is InChI=1S/C20H26F4/c1-11-3-6-13(7-4-11)14-9-10-16(20(24)18(14)22)15-8-5-12(2)17(21)19(15)23/h5,8,11,13-14,16,18,20H,3-4,6-7,9-10H2,1-2H3/t11?,13?,14?,16-,18?,20?/m0/s1. The van der Waals surface area contributed by atoms with Gasteiger partial charge in [0.05, 0.1) is 0 Å². The van der Waals surface area contributed by atoms with Gasteiger partial charge in [-0.25, -0.2) is 17.6 Å². The van der Waals surface area contributed by atoms with Crippen molar-refractivity contribution in [3.63, 3.8) is 0 Å². The number of hydrogen-bond donors (Lipinski definition) is 0. The third-order valence-corrected chi connectivity index (χ3v) is 6.28. The molecule has 0 bridgehead atoms. The molecule has 0 nitrogen and oxygen atoms in total. The van der Waals surface area contributed by atoms with Gasteiger partial charge in [-0.05, 0) is 61.5 Å². The number of halogens is 4.